The van der Waals surface area contributed by atoms with E-state index in [-0.39, 0.29) is 24.3 Å². The second-order valence-electron chi connectivity index (χ2n) is 3.63. The van der Waals surface area contributed by atoms with E-state index in [0.29, 0.717) is 0 Å². The van der Waals surface area contributed by atoms with Gasteiger partial charge in [0.2, 0.25) is 0 Å². The highest BCUT2D eigenvalue weighted by Crippen LogP contribution is 2.22. The number of aliphatic hydroxyl groups excluding tert-OH is 1. The number of aliphatic hydroxyl groups is 1. The van der Waals surface area contributed by atoms with E-state index < -0.39 is 25.0 Å². The van der Waals surface area contributed by atoms with Gasteiger partial charge >= 0.3 is 6.18 Å². The molecule has 0 unspecified atom stereocenters. The SMILES string of the molecule is OCCC#Cc1cc(F)ccc1OCCC(F)(F)F. The molecular formula is C13H12F4O2. The van der Waals surface area contributed by atoms with Crippen molar-refractivity contribution >= 4 is 0 Å². The van der Waals surface area contributed by atoms with Crippen LogP contribution in [0.5, 0.6) is 5.75 Å². The Morgan fingerprint density at radius 1 is 1.26 bits per heavy atom. The summed E-state index contributed by atoms with van der Waals surface area (Å²) in [7, 11) is 0. The largest absolute Gasteiger partial charge is 0.492 e. The average Bonchev–Trinajstić information content (AvgIpc) is 2.30. The molecule has 104 valence electrons. The first-order chi connectivity index (χ1) is 8.92. The molecule has 1 aromatic carbocycles. The number of rotatable bonds is 4. The van der Waals surface area contributed by atoms with E-state index in [1.54, 1.807) is 0 Å². The average molecular weight is 276 g/mol. The van der Waals surface area contributed by atoms with E-state index in [9.17, 15) is 17.6 Å². The summed E-state index contributed by atoms with van der Waals surface area (Å²) in [6, 6.07) is 3.39. The molecule has 1 N–H and O–H groups in total. The Morgan fingerprint density at radius 2 is 2.00 bits per heavy atom. The van der Waals surface area contributed by atoms with E-state index in [4.69, 9.17) is 9.84 Å². The van der Waals surface area contributed by atoms with Gasteiger partial charge in [-0.25, -0.2) is 4.39 Å². The topological polar surface area (TPSA) is 29.5 Å². The van der Waals surface area contributed by atoms with E-state index in [1.807, 2.05) is 0 Å². The number of halogens is 4. The standard InChI is InChI=1S/C13H12F4O2/c14-11-4-5-12(19-8-6-13(15,16)17)10(9-11)3-1-2-7-18/h4-5,9,18H,2,6-8H2. The molecule has 0 atom stereocenters. The number of hydrogen-bond donors (Lipinski definition) is 1. The van der Waals surface area contributed by atoms with E-state index in [2.05, 4.69) is 11.8 Å². The van der Waals surface area contributed by atoms with Gasteiger partial charge in [-0.2, -0.15) is 13.2 Å². The zero-order valence-corrected chi connectivity index (χ0v) is 9.93. The monoisotopic (exact) mass is 276 g/mol. The van der Waals surface area contributed by atoms with Crippen LogP contribution in [0.15, 0.2) is 18.2 Å². The lowest BCUT2D eigenvalue weighted by Gasteiger charge is -2.10. The maximum Gasteiger partial charge on any atom is 0.392 e. The van der Waals surface area contributed by atoms with Gasteiger partial charge in [-0.15, -0.1) is 0 Å². The van der Waals surface area contributed by atoms with Crippen molar-refractivity contribution in [1.82, 2.24) is 0 Å². The summed E-state index contributed by atoms with van der Waals surface area (Å²) < 4.78 is 53.9. The summed E-state index contributed by atoms with van der Waals surface area (Å²) in [4.78, 5) is 0. The summed E-state index contributed by atoms with van der Waals surface area (Å²) in [5.41, 5.74) is 0.163. The first-order valence-corrected chi connectivity index (χ1v) is 5.51. The lowest BCUT2D eigenvalue weighted by molar-refractivity contribution is -0.139. The van der Waals surface area contributed by atoms with Crippen molar-refractivity contribution in [2.24, 2.45) is 0 Å². The normalized spacial score (nSPS) is 10.8. The smallest absolute Gasteiger partial charge is 0.392 e. The number of alkyl halides is 3. The lowest BCUT2D eigenvalue weighted by atomic mass is 10.2. The Labute approximate surface area is 108 Å². The molecule has 19 heavy (non-hydrogen) atoms. The fourth-order valence-electron chi connectivity index (χ4n) is 1.22. The summed E-state index contributed by atoms with van der Waals surface area (Å²) in [5.74, 6) is 4.64. The van der Waals surface area contributed by atoms with Gasteiger partial charge in [-0.3, -0.25) is 0 Å². The van der Waals surface area contributed by atoms with Crippen LogP contribution in [0.3, 0.4) is 0 Å². The van der Waals surface area contributed by atoms with Crippen LogP contribution in [0, 0.1) is 17.7 Å². The highest BCUT2D eigenvalue weighted by molar-refractivity contribution is 5.46. The molecule has 0 saturated carbocycles. The van der Waals surface area contributed by atoms with Crippen molar-refractivity contribution < 1.29 is 27.4 Å². The summed E-state index contributed by atoms with van der Waals surface area (Å²) in [5, 5.41) is 8.57. The third kappa shape index (κ3) is 6.11. The quantitative estimate of drug-likeness (QED) is 0.677. The molecule has 6 heteroatoms. The van der Waals surface area contributed by atoms with Crippen LogP contribution >= 0.6 is 0 Å². The van der Waals surface area contributed by atoms with E-state index in [1.165, 1.54) is 6.07 Å². The molecule has 0 aromatic heterocycles. The first-order valence-electron chi connectivity index (χ1n) is 5.51. The zero-order valence-electron chi connectivity index (χ0n) is 9.93. The fourth-order valence-corrected chi connectivity index (χ4v) is 1.22. The molecule has 0 spiro atoms. The van der Waals surface area contributed by atoms with Crippen molar-refractivity contribution in [3.63, 3.8) is 0 Å². The van der Waals surface area contributed by atoms with Crippen LogP contribution in [-0.4, -0.2) is 24.5 Å². The van der Waals surface area contributed by atoms with Crippen LogP contribution in [0.4, 0.5) is 17.6 Å². The van der Waals surface area contributed by atoms with Gasteiger partial charge in [0.05, 0.1) is 25.2 Å². The van der Waals surface area contributed by atoms with Crippen LogP contribution < -0.4 is 4.74 Å². The van der Waals surface area contributed by atoms with Crippen LogP contribution in [0.2, 0.25) is 0 Å². The van der Waals surface area contributed by atoms with Crippen molar-refractivity contribution in [2.45, 2.75) is 19.0 Å². The molecule has 0 fully saturated rings. The first kappa shape index (κ1) is 15.3. The molecule has 0 aliphatic rings. The Balaban J connectivity index is 2.74. The van der Waals surface area contributed by atoms with Gasteiger partial charge in [0.15, 0.2) is 0 Å². The fraction of sp³-hybridized carbons (Fsp3) is 0.385. The van der Waals surface area contributed by atoms with Gasteiger partial charge in [-0.05, 0) is 18.2 Å². The molecule has 0 heterocycles. The van der Waals surface area contributed by atoms with Gasteiger partial charge in [0.25, 0.3) is 0 Å². The molecule has 0 amide bonds. The van der Waals surface area contributed by atoms with E-state index >= 15 is 0 Å². The minimum absolute atomic E-state index is 0.0936. The minimum atomic E-state index is -4.30. The van der Waals surface area contributed by atoms with Crippen molar-refractivity contribution in [1.29, 1.82) is 0 Å². The molecule has 0 aliphatic heterocycles. The Kier molecular flexibility index (Phi) is 5.64. The van der Waals surface area contributed by atoms with E-state index in [0.717, 1.165) is 12.1 Å². The highest BCUT2D eigenvalue weighted by atomic mass is 19.4. The predicted octanol–water partition coefficient (Wildman–Crippen LogP) is 2.89. The Morgan fingerprint density at radius 3 is 2.63 bits per heavy atom. The molecule has 0 saturated heterocycles. The maximum absolute atomic E-state index is 13.0. The van der Waals surface area contributed by atoms with Crippen LogP contribution in [-0.2, 0) is 0 Å². The number of ether oxygens (including phenoxy) is 1. The predicted molar refractivity (Wildman–Crippen MR) is 61.1 cm³/mol. The summed E-state index contributed by atoms with van der Waals surface area (Å²) >= 11 is 0. The Bertz CT molecular complexity index is 472. The molecule has 0 aliphatic carbocycles. The highest BCUT2D eigenvalue weighted by Gasteiger charge is 2.26. The minimum Gasteiger partial charge on any atom is -0.492 e. The van der Waals surface area contributed by atoms with Crippen molar-refractivity contribution in [2.75, 3.05) is 13.2 Å². The van der Waals surface area contributed by atoms with Gasteiger partial charge in [-0.1, -0.05) is 11.8 Å². The lowest BCUT2D eigenvalue weighted by Crippen LogP contribution is -2.13. The summed E-state index contributed by atoms with van der Waals surface area (Å²) in [6.07, 6.45) is -5.20. The van der Waals surface area contributed by atoms with Crippen LogP contribution in [0.25, 0.3) is 0 Å². The molecule has 1 rings (SSSR count). The Hall–Kier alpha value is -1.74. The molecule has 0 radical (unpaired) electrons. The molecular weight excluding hydrogens is 264 g/mol. The summed E-state index contributed by atoms with van der Waals surface area (Å²) in [6.45, 7) is -0.698. The van der Waals surface area contributed by atoms with Gasteiger partial charge in [0, 0.05) is 6.42 Å². The second kappa shape index (κ2) is 7.00. The van der Waals surface area contributed by atoms with Crippen molar-refractivity contribution in [3.05, 3.63) is 29.6 Å². The van der Waals surface area contributed by atoms with Gasteiger partial charge in [0.1, 0.15) is 11.6 Å². The molecule has 1 aromatic rings. The maximum atomic E-state index is 13.0. The second-order valence-corrected chi connectivity index (χ2v) is 3.63. The number of benzene rings is 1. The van der Waals surface area contributed by atoms with Gasteiger partial charge < -0.3 is 9.84 Å². The van der Waals surface area contributed by atoms with Crippen molar-refractivity contribution in [3.8, 4) is 17.6 Å². The third-order valence-electron chi connectivity index (χ3n) is 2.04. The zero-order chi connectivity index (χ0) is 14.3. The number of hydrogen-bond acceptors (Lipinski definition) is 2. The third-order valence-corrected chi connectivity index (χ3v) is 2.04. The molecule has 2 nitrogen and oxygen atoms in total. The van der Waals surface area contributed by atoms with Crippen LogP contribution in [0.1, 0.15) is 18.4 Å². The molecule has 0 bridgehead atoms.